The number of nitrogens with zero attached hydrogens (tertiary/aromatic N) is 5. The molecule has 0 bridgehead atoms. The summed E-state index contributed by atoms with van der Waals surface area (Å²) in [5.74, 6) is -0.708. The summed E-state index contributed by atoms with van der Waals surface area (Å²) in [6.07, 6.45) is 4.85. The van der Waals surface area contributed by atoms with Gasteiger partial charge in [0, 0.05) is 24.5 Å². The lowest BCUT2D eigenvalue weighted by Gasteiger charge is -2.17. The normalized spacial score (nSPS) is 10.5. The minimum atomic E-state index is -0.410. The molecule has 0 unspecified atom stereocenters. The van der Waals surface area contributed by atoms with Gasteiger partial charge in [-0.25, -0.2) is 14.8 Å². The maximum Gasteiger partial charge on any atom is 0.337 e. The topological polar surface area (TPSA) is 101 Å². The summed E-state index contributed by atoms with van der Waals surface area (Å²) in [4.78, 5) is 34.7. The Balaban J connectivity index is 1.67. The molecule has 0 atom stereocenters. The van der Waals surface area contributed by atoms with E-state index in [0.29, 0.717) is 22.5 Å². The van der Waals surface area contributed by atoms with E-state index in [9.17, 15) is 9.59 Å². The number of imidazole rings is 1. The van der Waals surface area contributed by atoms with Crippen molar-refractivity contribution in [3.63, 3.8) is 0 Å². The van der Waals surface area contributed by atoms with Crippen molar-refractivity contribution in [2.75, 3.05) is 19.1 Å². The summed E-state index contributed by atoms with van der Waals surface area (Å²) in [6, 6.07) is 15.7. The van der Waals surface area contributed by atoms with E-state index >= 15 is 0 Å². The number of amides is 1. The number of hydrogen-bond donors (Lipinski definition) is 0. The Morgan fingerprint density at radius 2 is 1.74 bits per heavy atom. The minimum absolute atomic E-state index is 0.241. The van der Waals surface area contributed by atoms with Gasteiger partial charge in [0.2, 0.25) is 0 Å². The van der Waals surface area contributed by atoms with Crippen LogP contribution in [0.3, 0.4) is 0 Å². The molecule has 1 amide bonds. The molecule has 0 saturated carbocycles. The fourth-order valence-electron chi connectivity index (χ4n) is 3.16. The van der Waals surface area contributed by atoms with Crippen LogP contribution in [0.25, 0.3) is 16.9 Å². The number of methoxy groups -OCH3 is 1. The van der Waals surface area contributed by atoms with Crippen molar-refractivity contribution >= 4 is 23.2 Å². The summed E-state index contributed by atoms with van der Waals surface area (Å²) < 4.78 is 6.51. The number of carbonyl (C=O) groups excluding carboxylic acids is 2. The molecule has 0 N–H and O–H groups in total. The molecule has 0 aliphatic heterocycles. The zero-order chi connectivity index (χ0) is 22.0. The van der Waals surface area contributed by atoms with Crippen LogP contribution in [-0.4, -0.2) is 40.4 Å². The van der Waals surface area contributed by atoms with E-state index in [-0.39, 0.29) is 11.6 Å². The first-order valence-corrected chi connectivity index (χ1v) is 9.32. The smallest absolute Gasteiger partial charge is 0.337 e. The molecular formula is C23H17N5O3. The molecule has 4 aromatic rings. The Morgan fingerprint density at radius 3 is 2.39 bits per heavy atom. The average Bonchev–Trinajstić information content (AvgIpc) is 3.26. The monoisotopic (exact) mass is 411 g/mol. The Kier molecular flexibility index (Phi) is 5.16. The van der Waals surface area contributed by atoms with E-state index in [1.165, 1.54) is 18.2 Å². The summed E-state index contributed by atoms with van der Waals surface area (Å²) >= 11 is 0. The van der Waals surface area contributed by atoms with E-state index in [1.807, 2.05) is 0 Å². The van der Waals surface area contributed by atoms with Gasteiger partial charge in [0.15, 0.2) is 5.65 Å². The predicted molar refractivity (Wildman–Crippen MR) is 114 cm³/mol. The maximum absolute atomic E-state index is 13.0. The van der Waals surface area contributed by atoms with Crippen molar-refractivity contribution < 1.29 is 14.3 Å². The number of rotatable bonds is 4. The number of anilines is 1. The van der Waals surface area contributed by atoms with Gasteiger partial charge in [-0.3, -0.25) is 9.20 Å². The van der Waals surface area contributed by atoms with Crippen LogP contribution in [0.15, 0.2) is 67.1 Å². The van der Waals surface area contributed by atoms with E-state index in [4.69, 9.17) is 10.00 Å². The van der Waals surface area contributed by atoms with E-state index in [2.05, 4.69) is 16.0 Å². The summed E-state index contributed by atoms with van der Waals surface area (Å²) in [7, 11) is 2.98. The van der Waals surface area contributed by atoms with Gasteiger partial charge in [-0.15, -0.1) is 0 Å². The molecule has 4 rings (SSSR count). The van der Waals surface area contributed by atoms with Crippen LogP contribution in [0.4, 0.5) is 5.69 Å². The Labute approximate surface area is 178 Å². The molecule has 2 heterocycles. The Bertz CT molecular complexity index is 1320. The number of esters is 1. The highest BCUT2D eigenvalue weighted by Gasteiger charge is 2.17. The summed E-state index contributed by atoms with van der Waals surface area (Å²) in [6.45, 7) is 0. The fraction of sp³-hybridized carbons (Fsp3) is 0.0870. The molecule has 0 radical (unpaired) electrons. The number of benzene rings is 2. The molecule has 8 nitrogen and oxygen atoms in total. The Hall–Kier alpha value is -4.51. The molecule has 0 spiro atoms. The second kappa shape index (κ2) is 8.08. The maximum atomic E-state index is 13.0. The number of ether oxygens (including phenoxy) is 1. The first-order chi connectivity index (χ1) is 15.0. The zero-order valence-corrected chi connectivity index (χ0v) is 16.8. The quantitative estimate of drug-likeness (QED) is 0.478. The van der Waals surface area contributed by atoms with Crippen LogP contribution in [0, 0.1) is 11.3 Å². The molecule has 0 fully saturated rings. The van der Waals surface area contributed by atoms with Gasteiger partial charge in [-0.2, -0.15) is 5.26 Å². The highest BCUT2D eigenvalue weighted by Crippen LogP contribution is 2.22. The molecule has 0 aliphatic carbocycles. The standard InChI is InChI=1S/C23H17N5O3/c1-27(18-9-3-15(11-24)4-10-18)22(29)19-14-28-20(12-26-21(28)13-25-19)16-5-7-17(8-6-16)23(30)31-2/h3-10,12-14H,1-2H3. The molecule has 8 heteroatoms. The van der Waals surface area contributed by atoms with Crippen molar-refractivity contribution in [3.05, 3.63) is 83.9 Å². The lowest BCUT2D eigenvalue weighted by Crippen LogP contribution is -2.27. The number of hydrogen-bond acceptors (Lipinski definition) is 6. The summed E-state index contributed by atoms with van der Waals surface area (Å²) in [5, 5.41) is 8.94. The third kappa shape index (κ3) is 3.72. The molecule has 0 saturated heterocycles. The van der Waals surface area contributed by atoms with Gasteiger partial charge in [0.05, 0.1) is 42.4 Å². The number of fused-ring (bicyclic) bond motifs is 1. The van der Waals surface area contributed by atoms with Crippen LogP contribution in [-0.2, 0) is 4.74 Å². The van der Waals surface area contributed by atoms with Crippen LogP contribution in [0.5, 0.6) is 0 Å². The van der Waals surface area contributed by atoms with Crippen LogP contribution < -0.4 is 4.90 Å². The highest BCUT2D eigenvalue weighted by atomic mass is 16.5. The fourth-order valence-corrected chi connectivity index (χ4v) is 3.16. The van der Waals surface area contributed by atoms with Gasteiger partial charge in [-0.1, -0.05) is 12.1 Å². The largest absolute Gasteiger partial charge is 0.465 e. The first-order valence-electron chi connectivity index (χ1n) is 9.32. The van der Waals surface area contributed by atoms with Gasteiger partial charge in [0.25, 0.3) is 5.91 Å². The van der Waals surface area contributed by atoms with Crippen molar-refractivity contribution in [2.45, 2.75) is 0 Å². The molecule has 2 aromatic heterocycles. The second-order valence-electron chi connectivity index (χ2n) is 6.74. The zero-order valence-electron chi connectivity index (χ0n) is 16.8. The van der Waals surface area contributed by atoms with Gasteiger partial charge in [-0.05, 0) is 36.4 Å². The van der Waals surface area contributed by atoms with E-state index in [1.54, 1.807) is 72.4 Å². The number of carbonyl (C=O) groups is 2. The lowest BCUT2D eigenvalue weighted by molar-refractivity contribution is 0.0600. The third-order valence-electron chi connectivity index (χ3n) is 4.91. The first kappa shape index (κ1) is 19.8. The number of nitriles is 1. The third-order valence-corrected chi connectivity index (χ3v) is 4.91. The van der Waals surface area contributed by atoms with Crippen molar-refractivity contribution in [1.82, 2.24) is 14.4 Å². The minimum Gasteiger partial charge on any atom is -0.465 e. The molecular weight excluding hydrogens is 394 g/mol. The lowest BCUT2D eigenvalue weighted by atomic mass is 10.1. The SMILES string of the molecule is COC(=O)c1ccc(-c2cnc3cnc(C(=O)N(C)c4ccc(C#N)cc4)cn23)cc1. The second-order valence-corrected chi connectivity index (χ2v) is 6.74. The van der Waals surface area contributed by atoms with Crippen molar-refractivity contribution in [1.29, 1.82) is 5.26 Å². The van der Waals surface area contributed by atoms with Gasteiger partial charge in [0.1, 0.15) is 5.69 Å². The Morgan fingerprint density at radius 1 is 1.03 bits per heavy atom. The van der Waals surface area contributed by atoms with Crippen molar-refractivity contribution in [3.8, 4) is 17.3 Å². The average molecular weight is 411 g/mol. The summed E-state index contributed by atoms with van der Waals surface area (Å²) in [5.41, 5.74) is 4.02. The van der Waals surface area contributed by atoms with Crippen LogP contribution >= 0.6 is 0 Å². The molecule has 2 aromatic carbocycles. The van der Waals surface area contributed by atoms with E-state index < -0.39 is 5.97 Å². The van der Waals surface area contributed by atoms with Gasteiger partial charge >= 0.3 is 5.97 Å². The molecule has 152 valence electrons. The van der Waals surface area contributed by atoms with Crippen LogP contribution in [0.2, 0.25) is 0 Å². The van der Waals surface area contributed by atoms with Gasteiger partial charge < -0.3 is 9.64 Å². The van der Waals surface area contributed by atoms with E-state index in [0.717, 1.165) is 11.3 Å². The number of aromatic nitrogens is 3. The van der Waals surface area contributed by atoms with Crippen LogP contribution in [0.1, 0.15) is 26.4 Å². The highest BCUT2D eigenvalue weighted by molar-refractivity contribution is 6.04. The molecule has 31 heavy (non-hydrogen) atoms. The van der Waals surface area contributed by atoms with Crippen molar-refractivity contribution in [2.24, 2.45) is 0 Å². The predicted octanol–water partition coefficient (Wildman–Crippen LogP) is 3.33. The molecule has 0 aliphatic rings.